The van der Waals surface area contributed by atoms with Gasteiger partial charge in [0.25, 0.3) is 0 Å². The molecule has 0 aromatic heterocycles. The van der Waals surface area contributed by atoms with Crippen molar-refractivity contribution in [1.82, 2.24) is 0 Å². The maximum Gasteiger partial charge on any atom is 0.187 e. The highest BCUT2D eigenvalue weighted by Gasteiger charge is 2.14. The van der Waals surface area contributed by atoms with Crippen LogP contribution in [-0.2, 0) is 0 Å². The van der Waals surface area contributed by atoms with Crippen LogP contribution in [0.1, 0.15) is 18.1 Å². The molecule has 1 rings (SSSR count). The Kier molecular flexibility index (Phi) is 3.38. The smallest absolute Gasteiger partial charge is 0.187 e. The molecule has 1 aromatic rings. The van der Waals surface area contributed by atoms with Gasteiger partial charge in [0, 0.05) is 0 Å². The fraction of sp³-hybridized carbons (Fsp3) is 0.333. The summed E-state index contributed by atoms with van der Waals surface area (Å²) in [5.74, 6) is -3.21. The van der Waals surface area contributed by atoms with Crippen LogP contribution in [0.4, 0.5) is 8.78 Å². The predicted molar refractivity (Wildman–Crippen MR) is 46.7 cm³/mol. The van der Waals surface area contributed by atoms with E-state index in [1.807, 2.05) is 0 Å². The molecule has 0 heterocycles. The second kappa shape index (κ2) is 4.34. The fourth-order valence-corrected chi connectivity index (χ4v) is 1.10. The van der Waals surface area contributed by atoms with Gasteiger partial charge >= 0.3 is 0 Å². The van der Waals surface area contributed by atoms with Crippen LogP contribution in [0.5, 0.6) is 5.75 Å². The number of hydrogen-bond acceptors (Lipinski definition) is 3. The number of hydrogen-bond donors (Lipinski definition) is 3. The van der Waals surface area contributed by atoms with Crippen LogP contribution < -0.4 is 5.73 Å². The molecule has 0 aliphatic carbocycles. The van der Waals surface area contributed by atoms with E-state index in [4.69, 9.17) is 10.8 Å². The highest BCUT2D eigenvalue weighted by atomic mass is 19.1. The zero-order valence-corrected chi connectivity index (χ0v) is 7.37. The molecule has 14 heavy (non-hydrogen) atoms. The number of halogens is 2. The molecule has 0 aliphatic heterocycles. The molecule has 0 aliphatic rings. The summed E-state index contributed by atoms with van der Waals surface area (Å²) in [6, 6.07) is 1.78. The van der Waals surface area contributed by atoms with E-state index in [-0.39, 0.29) is 18.5 Å². The van der Waals surface area contributed by atoms with Crippen molar-refractivity contribution < 1.29 is 19.0 Å². The van der Waals surface area contributed by atoms with E-state index >= 15 is 0 Å². The van der Waals surface area contributed by atoms with Crippen molar-refractivity contribution in [1.29, 1.82) is 0 Å². The Morgan fingerprint density at radius 1 is 1.29 bits per heavy atom. The van der Waals surface area contributed by atoms with E-state index in [1.54, 1.807) is 0 Å². The quantitative estimate of drug-likeness (QED) is 0.688. The van der Waals surface area contributed by atoms with Crippen molar-refractivity contribution >= 4 is 0 Å². The van der Waals surface area contributed by atoms with Gasteiger partial charge in [-0.1, -0.05) is 0 Å². The maximum absolute atomic E-state index is 12.8. The molecule has 0 saturated carbocycles. The topological polar surface area (TPSA) is 66.5 Å². The number of aliphatic hydroxyl groups excluding tert-OH is 1. The monoisotopic (exact) mass is 203 g/mol. The Hall–Kier alpha value is -1.20. The second-order valence-corrected chi connectivity index (χ2v) is 2.93. The van der Waals surface area contributed by atoms with Gasteiger partial charge in [-0.3, -0.25) is 0 Å². The van der Waals surface area contributed by atoms with Crippen molar-refractivity contribution in [2.45, 2.75) is 12.5 Å². The summed E-state index contributed by atoms with van der Waals surface area (Å²) in [5, 5.41) is 18.2. The first-order valence-electron chi connectivity index (χ1n) is 4.12. The summed E-state index contributed by atoms with van der Waals surface area (Å²) in [6.45, 7) is 0.214. The highest BCUT2D eigenvalue weighted by molar-refractivity contribution is 5.31. The molecule has 0 spiro atoms. The lowest BCUT2D eigenvalue weighted by Crippen LogP contribution is -2.07. The number of rotatable bonds is 3. The Bertz CT molecular complexity index is 308. The van der Waals surface area contributed by atoms with Gasteiger partial charge < -0.3 is 15.9 Å². The molecule has 1 aromatic carbocycles. The normalized spacial score (nSPS) is 12.9. The first kappa shape index (κ1) is 10.9. The van der Waals surface area contributed by atoms with Gasteiger partial charge in [0.05, 0.1) is 6.10 Å². The Labute approximate surface area is 79.8 Å². The molecule has 4 N–H and O–H groups in total. The number of nitrogens with two attached hydrogens (primary N) is 1. The van der Waals surface area contributed by atoms with Crippen molar-refractivity contribution in [2.24, 2.45) is 5.73 Å². The zero-order chi connectivity index (χ0) is 10.7. The molecule has 78 valence electrons. The molecule has 5 heteroatoms. The Morgan fingerprint density at radius 2 is 1.79 bits per heavy atom. The van der Waals surface area contributed by atoms with E-state index in [1.165, 1.54) is 0 Å². The SMILES string of the molecule is NCCC(O)c1cc(F)c(O)c(F)c1. The molecule has 0 saturated heterocycles. The van der Waals surface area contributed by atoms with E-state index < -0.39 is 23.5 Å². The van der Waals surface area contributed by atoms with Crippen LogP contribution >= 0.6 is 0 Å². The van der Waals surface area contributed by atoms with Gasteiger partial charge in [-0.15, -0.1) is 0 Å². The molecule has 1 atom stereocenters. The third-order valence-electron chi connectivity index (χ3n) is 1.86. The van der Waals surface area contributed by atoms with Gasteiger partial charge in [-0.25, -0.2) is 8.78 Å². The molecule has 1 unspecified atom stereocenters. The molecular formula is C9H11F2NO2. The summed E-state index contributed by atoms with van der Waals surface area (Å²) in [7, 11) is 0. The average molecular weight is 203 g/mol. The summed E-state index contributed by atoms with van der Waals surface area (Å²) < 4.78 is 25.6. The molecular weight excluding hydrogens is 192 g/mol. The largest absolute Gasteiger partial charge is 0.503 e. The highest BCUT2D eigenvalue weighted by Crippen LogP contribution is 2.25. The molecule has 0 radical (unpaired) electrons. The van der Waals surface area contributed by atoms with Crippen LogP contribution in [0.2, 0.25) is 0 Å². The third-order valence-corrected chi connectivity index (χ3v) is 1.86. The van der Waals surface area contributed by atoms with Crippen molar-refractivity contribution in [3.8, 4) is 5.75 Å². The van der Waals surface area contributed by atoms with Crippen LogP contribution in [0.25, 0.3) is 0 Å². The van der Waals surface area contributed by atoms with Crippen LogP contribution in [0, 0.1) is 11.6 Å². The molecule has 3 nitrogen and oxygen atoms in total. The molecule has 0 fully saturated rings. The molecule has 0 bridgehead atoms. The first-order valence-corrected chi connectivity index (χ1v) is 4.12. The number of aliphatic hydroxyl groups is 1. The number of phenolic OH excluding ortho intramolecular Hbond substituents is 1. The van der Waals surface area contributed by atoms with Crippen LogP contribution in [-0.4, -0.2) is 16.8 Å². The number of benzene rings is 1. The second-order valence-electron chi connectivity index (χ2n) is 2.93. The lowest BCUT2D eigenvalue weighted by atomic mass is 10.1. The maximum atomic E-state index is 12.8. The average Bonchev–Trinajstić information content (AvgIpc) is 2.13. The van der Waals surface area contributed by atoms with Gasteiger partial charge in [0.15, 0.2) is 17.4 Å². The van der Waals surface area contributed by atoms with E-state index in [0.29, 0.717) is 0 Å². The summed E-state index contributed by atoms with van der Waals surface area (Å²) in [4.78, 5) is 0. The minimum absolute atomic E-state index is 0.0725. The van der Waals surface area contributed by atoms with Gasteiger partial charge in [0.2, 0.25) is 0 Å². The lowest BCUT2D eigenvalue weighted by molar-refractivity contribution is 0.169. The summed E-state index contributed by atoms with van der Waals surface area (Å²) >= 11 is 0. The Morgan fingerprint density at radius 3 is 2.21 bits per heavy atom. The van der Waals surface area contributed by atoms with E-state index in [0.717, 1.165) is 12.1 Å². The number of aromatic hydroxyl groups is 1. The third kappa shape index (κ3) is 2.18. The van der Waals surface area contributed by atoms with Gasteiger partial charge in [0.1, 0.15) is 0 Å². The summed E-state index contributed by atoms with van der Waals surface area (Å²) in [6.07, 6.45) is -0.798. The van der Waals surface area contributed by atoms with Crippen LogP contribution in [0.15, 0.2) is 12.1 Å². The zero-order valence-electron chi connectivity index (χ0n) is 7.37. The van der Waals surface area contributed by atoms with Gasteiger partial charge in [-0.05, 0) is 30.7 Å². The summed E-state index contributed by atoms with van der Waals surface area (Å²) in [5.41, 5.74) is 5.25. The minimum Gasteiger partial charge on any atom is -0.503 e. The van der Waals surface area contributed by atoms with E-state index in [9.17, 15) is 13.9 Å². The number of phenols is 1. The Balaban J connectivity index is 3.00. The first-order chi connectivity index (χ1) is 6.56. The lowest BCUT2D eigenvalue weighted by Gasteiger charge is -2.10. The fourth-order valence-electron chi connectivity index (χ4n) is 1.10. The van der Waals surface area contributed by atoms with Crippen LogP contribution in [0.3, 0.4) is 0 Å². The van der Waals surface area contributed by atoms with E-state index in [2.05, 4.69) is 0 Å². The van der Waals surface area contributed by atoms with Crippen molar-refractivity contribution in [3.63, 3.8) is 0 Å². The predicted octanol–water partition coefficient (Wildman–Crippen LogP) is 1.05. The molecule has 0 amide bonds. The van der Waals surface area contributed by atoms with Crippen molar-refractivity contribution in [3.05, 3.63) is 29.3 Å². The van der Waals surface area contributed by atoms with Crippen molar-refractivity contribution in [2.75, 3.05) is 6.54 Å². The van der Waals surface area contributed by atoms with Gasteiger partial charge in [-0.2, -0.15) is 0 Å². The minimum atomic E-state index is -1.09. The standard InChI is InChI=1S/C9H11F2NO2/c10-6-3-5(8(13)1-2-12)4-7(11)9(6)14/h3-4,8,13-14H,1-2,12H2.